The summed E-state index contributed by atoms with van der Waals surface area (Å²) in [5.74, 6) is 2.76. The van der Waals surface area contributed by atoms with E-state index in [-0.39, 0.29) is 0 Å². The number of aliphatic imine (C=N–C) groups is 2. The van der Waals surface area contributed by atoms with Crippen LogP contribution in [0, 0.1) is 5.92 Å². The fraction of sp³-hybridized carbons (Fsp3) is 0.333. The van der Waals surface area contributed by atoms with Gasteiger partial charge in [-0.25, -0.2) is 4.99 Å². The first kappa shape index (κ1) is 12.0. The number of ether oxygens (including phenoxy) is 2. The van der Waals surface area contributed by atoms with E-state index in [2.05, 4.69) is 23.8 Å². The molecule has 0 saturated carbocycles. The lowest BCUT2D eigenvalue weighted by molar-refractivity contribution is 0.270. The topological polar surface area (TPSA) is 43.2 Å². The highest BCUT2D eigenvalue weighted by molar-refractivity contribution is 6.19. The van der Waals surface area contributed by atoms with E-state index in [1.807, 2.05) is 24.3 Å². The first-order chi connectivity index (χ1) is 9.22. The Bertz CT molecular complexity index is 586. The average Bonchev–Trinajstić information content (AvgIpc) is 2.42. The Hall–Kier alpha value is -2.10. The normalized spacial score (nSPS) is 16.2. The van der Waals surface area contributed by atoms with Gasteiger partial charge in [0.1, 0.15) is 18.2 Å². The Morgan fingerprint density at radius 2 is 2.26 bits per heavy atom. The smallest absolute Gasteiger partial charge is 0.225 e. The molecule has 3 rings (SSSR count). The molecule has 0 N–H and O–H groups in total. The lowest BCUT2D eigenvalue weighted by Gasteiger charge is -2.20. The highest BCUT2D eigenvalue weighted by Crippen LogP contribution is 2.31. The van der Waals surface area contributed by atoms with Gasteiger partial charge >= 0.3 is 0 Å². The van der Waals surface area contributed by atoms with Gasteiger partial charge < -0.3 is 9.47 Å². The van der Waals surface area contributed by atoms with Crippen molar-refractivity contribution in [3.63, 3.8) is 0 Å². The summed E-state index contributed by atoms with van der Waals surface area (Å²) in [5, 5.41) is 0. The molecule has 0 aromatic heterocycles. The highest BCUT2D eigenvalue weighted by Gasteiger charge is 2.19. The Balaban J connectivity index is 1.87. The molecular formula is C15H16N2O2. The van der Waals surface area contributed by atoms with Crippen molar-refractivity contribution in [2.45, 2.75) is 13.8 Å². The maximum Gasteiger partial charge on any atom is 0.225 e. The van der Waals surface area contributed by atoms with E-state index >= 15 is 0 Å². The lowest BCUT2D eigenvalue weighted by atomic mass is 10.1. The number of hydrogen-bond donors (Lipinski definition) is 0. The van der Waals surface area contributed by atoms with Crippen molar-refractivity contribution in [2.75, 3.05) is 13.3 Å². The van der Waals surface area contributed by atoms with Crippen molar-refractivity contribution < 1.29 is 9.47 Å². The van der Waals surface area contributed by atoms with Gasteiger partial charge in [-0.2, -0.15) is 0 Å². The molecule has 2 heterocycles. The van der Waals surface area contributed by atoms with E-state index in [4.69, 9.17) is 9.47 Å². The molecule has 1 aromatic rings. The molecule has 2 aliphatic rings. The molecule has 0 spiro atoms. The van der Waals surface area contributed by atoms with Gasteiger partial charge in [0.15, 0.2) is 0 Å². The van der Waals surface area contributed by atoms with Gasteiger partial charge in [-0.3, -0.25) is 4.99 Å². The van der Waals surface area contributed by atoms with Gasteiger partial charge in [0.2, 0.25) is 5.90 Å². The summed E-state index contributed by atoms with van der Waals surface area (Å²) in [6.45, 7) is 5.39. The van der Waals surface area contributed by atoms with E-state index in [0.717, 1.165) is 22.6 Å². The summed E-state index contributed by atoms with van der Waals surface area (Å²) in [5.41, 5.74) is 1.95. The SMILES string of the molecule is CC(C)COc1ccc2c(c1)OC1=NCN=CC1=C2. The molecule has 4 nitrogen and oxygen atoms in total. The van der Waals surface area contributed by atoms with Crippen molar-refractivity contribution in [3.05, 3.63) is 29.3 Å². The molecule has 0 radical (unpaired) electrons. The molecule has 0 saturated heterocycles. The Morgan fingerprint density at radius 1 is 1.37 bits per heavy atom. The second-order valence-electron chi connectivity index (χ2n) is 5.02. The third-order valence-electron chi connectivity index (χ3n) is 2.86. The van der Waals surface area contributed by atoms with Crippen LogP contribution >= 0.6 is 0 Å². The Kier molecular flexibility index (Phi) is 3.07. The summed E-state index contributed by atoms with van der Waals surface area (Å²) in [6, 6.07) is 5.88. The van der Waals surface area contributed by atoms with Gasteiger partial charge in [0.25, 0.3) is 0 Å². The van der Waals surface area contributed by atoms with E-state index in [0.29, 0.717) is 25.1 Å². The molecule has 98 valence electrons. The number of benzene rings is 1. The quantitative estimate of drug-likeness (QED) is 0.834. The van der Waals surface area contributed by atoms with Crippen LogP contribution in [0.5, 0.6) is 11.5 Å². The fourth-order valence-electron chi connectivity index (χ4n) is 1.93. The summed E-state index contributed by atoms with van der Waals surface area (Å²) in [6.07, 6.45) is 3.83. The van der Waals surface area contributed by atoms with Crippen molar-refractivity contribution in [3.8, 4) is 11.5 Å². The molecule has 0 unspecified atom stereocenters. The van der Waals surface area contributed by atoms with Crippen LogP contribution < -0.4 is 9.47 Å². The number of hydrogen-bond acceptors (Lipinski definition) is 4. The predicted octanol–water partition coefficient (Wildman–Crippen LogP) is 2.94. The molecule has 19 heavy (non-hydrogen) atoms. The van der Waals surface area contributed by atoms with Crippen molar-refractivity contribution >= 4 is 18.2 Å². The molecule has 0 atom stereocenters. The minimum atomic E-state index is 0.436. The van der Waals surface area contributed by atoms with E-state index in [1.165, 1.54) is 0 Å². The number of nitrogens with zero attached hydrogens (tertiary/aromatic N) is 2. The van der Waals surface area contributed by atoms with Crippen LogP contribution in [-0.2, 0) is 0 Å². The average molecular weight is 256 g/mol. The number of fused-ring (bicyclic) bond motifs is 2. The zero-order valence-electron chi connectivity index (χ0n) is 11.1. The van der Waals surface area contributed by atoms with Crippen LogP contribution in [0.3, 0.4) is 0 Å². The minimum absolute atomic E-state index is 0.436. The summed E-state index contributed by atoms with van der Waals surface area (Å²) in [7, 11) is 0. The van der Waals surface area contributed by atoms with Crippen LogP contribution in [0.4, 0.5) is 0 Å². The minimum Gasteiger partial charge on any atom is -0.493 e. The summed E-state index contributed by atoms with van der Waals surface area (Å²) in [4.78, 5) is 8.36. The first-order valence-electron chi connectivity index (χ1n) is 6.43. The second-order valence-corrected chi connectivity index (χ2v) is 5.02. The van der Waals surface area contributed by atoms with E-state index in [9.17, 15) is 0 Å². The first-order valence-corrected chi connectivity index (χ1v) is 6.43. The summed E-state index contributed by atoms with van der Waals surface area (Å²) < 4.78 is 11.5. The zero-order valence-corrected chi connectivity index (χ0v) is 11.1. The molecule has 1 aromatic carbocycles. The monoisotopic (exact) mass is 256 g/mol. The van der Waals surface area contributed by atoms with Crippen LogP contribution in [0.25, 0.3) is 6.08 Å². The van der Waals surface area contributed by atoms with E-state index < -0.39 is 0 Å². The standard InChI is InChI=1S/C15H16N2O2/c1-10(2)8-18-13-4-3-11-5-12-7-16-9-17-15(12)19-14(11)6-13/h3-7,10H,8-9H2,1-2H3. The zero-order chi connectivity index (χ0) is 13.2. The summed E-state index contributed by atoms with van der Waals surface area (Å²) >= 11 is 0. The molecule has 0 bridgehead atoms. The van der Waals surface area contributed by atoms with E-state index in [1.54, 1.807) is 6.21 Å². The van der Waals surface area contributed by atoms with Crippen LogP contribution in [0.2, 0.25) is 0 Å². The van der Waals surface area contributed by atoms with Gasteiger partial charge in [-0.15, -0.1) is 0 Å². The van der Waals surface area contributed by atoms with Gasteiger partial charge in [0, 0.05) is 17.8 Å². The van der Waals surface area contributed by atoms with Crippen LogP contribution in [0.1, 0.15) is 19.4 Å². The third-order valence-corrected chi connectivity index (χ3v) is 2.86. The largest absolute Gasteiger partial charge is 0.493 e. The highest BCUT2D eigenvalue weighted by atomic mass is 16.5. The molecule has 2 aliphatic heterocycles. The number of rotatable bonds is 3. The molecule has 0 aliphatic carbocycles. The molecule has 0 fully saturated rings. The van der Waals surface area contributed by atoms with Crippen molar-refractivity contribution in [2.24, 2.45) is 15.9 Å². The van der Waals surface area contributed by atoms with Gasteiger partial charge in [0.05, 0.1) is 12.2 Å². The van der Waals surface area contributed by atoms with Gasteiger partial charge in [-0.1, -0.05) is 13.8 Å². The van der Waals surface area contributed by atoms with Crippen molar-refractivity contribution in [1.29, 1.82) is 0 Å². The Morgan fingerprint density at radius 3 is 3.11 bits per heavy atom. The Labute approximate surface area is 112 Å². The third kappa shape index (κ3) is 2.52. The second kappa shape index (κ2) is 4.88. The fourth-order valence-corrected chi connectivity index (χ4v) is 1.93. The van der Waals surface area contributed by atoms with Crippen LogP contribution in [-0.4, -0.2) is 25.4 Å². The maximum absolute atomic E-state index is 5.79. The molecular weight excluding hydrogens is 240 g/mol. The van der Waals surface area contributed by atoms with Crippen LogP contribution in [0.15, 0.2) is 33.8 Å². The predicted molar refractivity (Wildman–Crippen MR) is 76.2 cm³/mol. The maximum atomic E-state index is 5.79. The van der Waals surface area contributed by atoms with Crippen molar-refractivity contribution in [1.82, 2.24) is 0 Å². The molecule has 4 heteroatoms. The molecule has 0 amide bonds. The van der Waals surface area contributed by atoms with Gasteiger partial charge in [-0.05, 0) is 24.1 Å². The lowest BCUT2D eigenvalue weighted by Crippen LogP contribution is -2.20.